The Morgan fingerprint density at radius 2 is 1.74 bits per heavy atom. The van der Waals surface area contributed by atoms with Gasteiger partial charge in [-0.15, -0.1) is 0 Å². The third-order valence-electron chi connectivity index (χ3n) is 4.22. The van der Waals surface area contributed by atoms with E-state index in [1.807, 2.05) is 0 Å². The Labute approximate surface area is 177 Å². The summed E-state index contributed by atoms with van der Waals surface area (Å²) in [7, 11) is 1.31. The molecule has 0 atom stereocenters. The highest BCUT2D eigenvalue weighted by Gasteiger charge is 2.14. The van der Waals surface area contributed by atoms with Gasteiger partial charge in [0.2, 0.25) is 0 Å². The van der Waals surface area contributed by atoms with Crippen molar-refractivity contribution in [2.24, 2.45) is 0 Å². The molecule has 31 heavy (non-hydrogen) atoms. The van der Waals surface area contributed by atoms with Gasteiger partial charge in [-0.1, -0.05) is 12.1 Å². The number of pyridine rings is 1. The van der Waals surface area contributed by atoms with Crippen LogP contribution in [0.1, 0.15) is 26.3 Å². The number of carbonyl (C=O) groups is 2. The minimum Gasteiger partial charge on any atom is -0.493 e. The number of aromatic nitrogens is 1. The molecule has 0 saturated carbocycles. The van der Waals surface area contributed by atoms with E-state index in [0.717, 1.165) is 5.56 Å². The first-order chi connectivity index (χ1) is 15.0. The topological polar surface area (TPSA) is 89.6 Å². The number of amides is 2. The molecule has 2 N–H and O–H groups in total. The third-order valence-corrected chi connectivity index (χ3v) is 4.22. The Morgan fingerprint density at radius 3 is 2.45 bits per heavy atom. The number of benzene rings is 2. The fraction of sp³-hybridized carbons (Fsp3) is 0.136. The Bertz CT molecular complexity index is 1060. The van der Waals surface area contributed by atoms with Gasteiger partial charge in [0.15, 0.2) is 11.5 Å². The summed E-state index contributed by atoms with van der Waals surface area (Å²) < 4.78 is 34.5. The quantitative estimate of drug-likeness (QED) is 0.570. The van der Waals surface area contributed by atoms with Gasteiger partial charge in [0.25, 0.3) is 11.8 Å². The smallest absolute Gasteiger partial charge is 0.387 e. The molecule has 0 aliphatic heterocycles. The maximum Gasteiger partial charge on any atom is 0.387 e. The molecule has 0 unspecified atom stereocenters. The van der Waals surface area contributed by atoms with Crippen molar-refractivity contribution < 1.29 is 27.8 Å². The molecule has 2 amide bonds. The summed E-state index contributed by atoms with van der Waals surface area (Å²) >= 11 is 0. The van der Waals surface area contributed by atoms with Crippen molar-refractivity contribution in [3.8, 4) is 11.5 Å². The van der Waals surface area contributed by atoms with Gasteiger partial charge in [-0.2, -0.15) is 8.78 Å². The number of rotatable bonds is 8. The van der Waals surface area contributed by atoms with E-state index in [1.54, 1.807) is 36.4 Å². The number of hydrogen-bond donors (Lipinski definition) is 2. The minimum absolute atomic E-state index is 0.0921. The van der Waals surface area contributed by atoms with Crippen LogP contribution in [0.25, 0.3) is 0 Å². The van der Waals surface area contributed by atoms with Crippen LogP contribution in [-0.2, 0) is 6.54 Å². The standard InChI is InChI=1S/C22H19F2N3O4/c1-30-18-6-5-16(12-19(18)31-22(23)24)20(28)26-13-14-3-2-4-17(11-14)27-21(29)15-7-9-25-10-8-15/h2-12,22H,13H2,1H3,(H,26,28)(H,27,29). The van der Waals surface area contributed by atoms with Gasteiger partial charge in [-0.3, -0.25) is 14.6 Å². The summed E-state index contributed by atoms with van der Waals surface area (Å²) in [6.45, 7) is -2.88. The molecule has 0 aliphatic carbocycles. The summed E-state index contributed by atoms with van der Waals surface area (Å²) in [5.74, 6) is -0.901. The van der Waals surface area contributed by atoms with Crippen molar-refractivity contribution >= 4 is 17.5 Å². The van der Waals surface area contributed by atoms with Crippen molar-refractivity contribution in [2.75, 3.05) is 12.4 Å². The lowest BCUT2D eigenvalue weighted by atomic mass is 10.1. The maximum atomic E-state index is 12.6. The Balaban J connectivity index is 1.64. The number of alkyl halides is 2. The minimum atomic E-state index is -3.04. The van der Waals surface area contributed by atoms with Gasteiger partial charge in [0, 0.05) is 35.8 Å². The number of carbonyl (C=O) groups excluding carboxylic acids is 2. The van der Waals surface area contributed by atoms with E-state index >= 15 is 0 Å². The Morgan fingerprint density at radius 1 is 0.968 bits per heavy atom. The molecule has 0 fully saturated rings. The zero-order valence-electron chi connectivity index (χ0n) is 16.5. The average molecular weight is 427 g/mol. The monoisotopic (exact) mass is 427 g/mol. The SMILES string of the molecule is COc1ccc(C(=O)NCc2cccc(NC(=O)c3ccncc3)c2)cc1OC(F)F. The van der Waals surface area contributed by atoms with Crippen LogP contribution in [0.4, 0.5) is 14.5 Å². The first-order valence-corrected chi connectivity index (χ1v) is 9.17. The van der Waals surface area contributed by atoms with Crippen molar-refractivity contribution in [3.63, 3.8) is 0 Å². The lowest BCUT2D eigenvalue weighted by Gasteiger charge is -2.12. The molecule has 0 bridgehead atoms. The number of halogens is 2. The van der Waals surface area contributed by atoms with Gasteiger partial charge < -0.3 is 20.1 Å². The van der Waals surface area contributed by atoms with Gasteiger partial charge in [-0.05, 0) is 48.0 Å². The molecule has 7 nitrogen and oxygen atoms in total. The van der Waals surface area contributed by atoms with Crippen LogP contribution in [0.15, 0.2) is 67.0 Å². The van der Waals surface area contributed by atoms with Crippen molar-refractivity contribution in [3.05, 3.63) is 83.7 Å². The number of nitrogens with zero attached hydrogens (tertiary/aromatic N) is 1. The van der Waals surface area contributed by atoms with Crippen LogP contribution < -0.4 is 20.1 Å². The van der Waals surface area contributed by atoms with Crippen LogP contribution in [0, 0.1) is 0 Å². The Hall–Kier alpha value is -4.01. The van der Waals surface area contributed by atoms with E-state index < -0.39 is 12.5 Å². The number of nitrogens with one attached hydrogen (secondary N) is 2. The van der Waals surface area contributed by atoms with Gasteiger partial charge in [0.05, 0.1) is 7.11 Å². The number of hydrogen-bond acceptors (Lipinski definition) is 5. The fourth-order valence-corrected chi connectivity index (χ4v) is 2.76. The van der Waals surface area contributed by atoms with E-state index in [9.17, 15) is 18.4 Å². The van der Waals surface area contributed by atoms with Crippen molar-refractivity contribution in [1.29, 1.82) is 0 Å². The molecule has 1 aromatic heterocycles. The van der Waals surface area contributed by atoms with Crippen LogP contribution in [0.5, 0.6) is 11.5 Å². The lowest BCUT2D eigenvalue weighted by molar-refractivity contribution is -0.0512. The zero-order valence-corrected chi connectivity index (χ0v) is 16.5. The highest BCUT2D eigenvalue weighted by atomic mass is 19.3. The summed E-state index contributed by atoms with van der Waals surface area (Å²) in [5.41, 5.74) is 1.90. The molecule has 3 rings (SSSR count). The van der Waals surface area contributed by atoms with E-state index in [1.165, 1.54) is 37.7 Å². The van der Waals surface area contributed by atoms with Crippen LogP contribution >= 0.6 is 0 Å². The highest BCUT2D eigenvalue weighted by Crippen LogP contribution is 2.29. The van der Waals surface area contributed by atoms with Crippen LogP contribution in [0.2, 0.25) is 0 Å². The lowest BCUT2D eigenvalue weighted by Crippen LogP contribution is -2.23. The predicted octanol–water partition coefficient (Wildman–Crippen LogP) is 3.87. The highest BCUT2D eigenvalue weighted by molar-refractivity contribution is 6.04. The summed E-state index contributed by atoms with van der Waals surface area (Å²) in [4.78, 5) is 28.6. The Kier molecular flexibility index (Phi) is 7.10. The largest absolute Gasteiger partial charge is 0.493 e. The van der Waals surface area contributed by atoms with Gasteiger partial charge in [0.1, 0.15) is 0 Å². The molecule has 160 valence electrons. The average Bonchev–Trinajstić information content (AvgIpc) is 2.78. The molecule has 0 saturated heterocycles. The van der Waals surface area contributed by atoms with Gasteiger partial charge in [-0.25, -0.2) is 0 Å². The fourth-order valence-electron chi connectivity index (χ4n) is 2.76. The summed E-state index contributed by atoms with van der Waals surface area (Å²) in [6.07, 6.45) is 3.05. The molecule has 1 heterocycles. The summed E-state index contributed by atoms with van der Waals surface area (Å²) in [6, 6.07) is 14.2. The van der Waals surface area contributed by atoms with E-state index in [2.05, 4.69) is 20.4 Å². The van der Waals surface area contributed by atoms with E-state index in [-0.39, 0.29) is 29.5 Å². The molecule has 9 heteroatoms. The van der Waals surface area contributed by atoms with E-state index in [0.29, 0.717) is 11.3 Å². The third kappa shape index (κ3) is 5.99. The van der Waals surface area contributed by atoms with Crippen LogP contribution in [0.3, 0.4) is 0 Å². The summed E-state index contributed by atoms with van der Waals surface area (Å²) in [5, 5.41) is 5.48. The number of methoxy groups -OCH3 is 1. The number of ether oxygens (including phenoxy) is 2. The first kappa shape index (κ1) is 21.7. The second-order valence-electron chi connectivity index (χ2n) is 6.32. The molecule has 0 spiro atoms. The predicted molar refractivity (Wildman–Crippen MR) is 109 cm³/mol. The zero-order chi connectivity index (χ0) is 22.2. The number of anilines is 1. The molecule has 3 aromatic rings. The second kappa shape index (κ2) is 10.1. The van der Waals surface area contributed by atoms with Crippen LogP contribution in [-0.4, -0.2) is 30.5 Å². The van der Waals surface area contributed by atoms with E-state index in [4.69, 9.17) is 4.74 Å². The normalized spacial score (nSPS) is 10.5. The second-order valence-corrected chi connectivity index (χ2v) is 6.32. The maximum absolute atomic E-state index is 12.6. The molecule has 2 aromatic carbocycles. The van der Waals surface area contributed by atoms with Crippen molar-refractivity contribution in [2.45, 2.75) is 13.2 Å². The molecular weight excluding hydrogens is 408 g/mol. The van der Waals surface area contributed by atoms with Gasteiger partial charge >= 0.3 is 6.61 Å². The molecule has 0 radical (unpaired) electrons. The first-order valence-electron chi connectivity index (χ1n) is 9.17. The molecular formula is C22H19F2N3O4. The van der Waals surface area contributed by atoms with Crippen molar-refractivity contribution in [1.82, 2.24) is 10.3 Å². The molecule has 0 aliphatic rings.